The molecule has 194 valence electrons. The van der Waals surface area contributed by atoms with Crippen LogP contribution in [0, 0.1) is 0 Å². The molecular formula is C25H21BrCl2N2O6S. The average molecular weight is 628 g/mol. The zero-order valence-electron chi connectivity index (χ0n) is 19.4. The Hall–Kier alpha value is -2.63. The topological polar surface area (TPSA) is 93.2 Å². The van der Waals surface area contributed by atoms with Gasteiger partial charge in [0.25, 0.3) is 0 Å². The van der Waals surface area contributed by atoms with Gasteiger partial charge in [-0.15, -0.1) is 0 Å². The van der Waals surface area contributed by atoms with Crippen molar-refractivity contribution in [1.29, 1.82) is 0 Å². The number of para-hydroxylation sites is 2. The van der Waals surface area contributed by atoms with Crippen LogP contribution >= 0.6 is 39.1 Å². The second kappa shape index (κ2) is 11.4. The summed E-state index contributed by atoms with van der Waals surface area (Å²) in [5.41, 5.74) is 0.959. The molecule has 1 atom stereocenters. The van der Waals surface area contributed by atoms with E-state index in [1.165, 1.54) is 24.1 Å². The number of halogens is 3. The number of benzene rings is 3. The Kier molecular flexibility index (Phi) is 8.45. The number of carbonyl (C=O) groups excluding carboxylic acids is 2. The van der Waals surface area contributed by atoms with Crippen molar-refractivity contribution < 1.29 is 27.5 Å². The summed E-state index contributed by atoms with van der Waals surface area (Å²) in [6.07, 6.45) is -1.06. The third-order valence-corrected chi connectivity index (χ3v) is 8.72. The largest absolute Gasteiger partial charge is 0.475 e. The molecule has 3 aromatic carbocycles. The van der Waals surface area contributed by atoms with E-state index in [-0.39, 0.29) is 23.0 Å². The fourth-order valence-corrected chi connectivity index (χ4v) is 5.75. The molecule has 0 fully saturated rings. The van der Waals surface area contributed by atoms with Crippen molar-refractivity contribution in [1.82, 2.24) is 4.31 Å². The van der Waals surface area contributed by atoms with Gasteiger partial charge in [-0.3, -0.25) is 4.79 Å². The number of ether oxygens (including phenoxy) is 2. The van der Waals surface area contributed by atoms with Gasteiger partial charge < -0.3 is 14.4 Å². The van der Waals surface area contributed by atoms with Crippen molar-refractivity contribution in [2.75, 3.05) is 25.1 Å². The maximum absolute atomic E-state index is 13.7. The Morgan fingerprint density at radius 1 is 1.08 bits per heavy atom. The lowest BCUT2D eigenvalue weighted by molar-refractivity contribution is -0.148. The van der Waals surface area contributed by atoms with Crippen LogP contribution in [-0.2, 0) is 30.9 Å². The van der Waals surface area contributed by atoms with E-state index < -0.39 is 34.5 Å². The Labute approximate surface area is 232 Å². The summed E-state index contributed by atoms with van der Waals surface area (Å²) in [6, 6.07) is 17.6. The molecule has 37 heavy (non-hydrogen) atoms. The number of rotatable bonds is 7. The minimum Gasteiger partial charge on any atom is -0.475 e. The maximum Gasteiger partial charge on any atom is 0.348 e. The average Bonchev–Trinajstić information content (AvgIpc) is 2.89. The highest BCUT2D eigenvalue weighted by Crippen LogP contribution is 2.34. The first kappa shape index (κ1) is 27.4. The number of esters is 1. The zero-order valence-corrected chi connectivity index (χ0v) is 23.3. The molecule has 1 aliphatic rings. The summed E-state index contributed by atoms with van der Waals surface area (Å²) < 4.78 is 39.6. The number of fused-ring (bicyclic) bond motifs is 1. The van der Waals surface area contributed by atoms with E-state index in [0.29, 0.717) is 26.5 Å². The summed E-state index contributed by atoms with van der Waals surface area (Å²) in [6.45, 7) is -0.796. The lowest BCUT2D eigenvalue weighted by Crippen LogP contribution is -2.50. The highest BCUT2D eigenvalue weighted by molar-refractivity contribution is 9.10. The third-order valence-electron chi connectivity index (χ3n) is 5.64. The second-order valence-electron chi connectivity index (χ2n) is 8.08. The van der Waals surface area contributed by atoms with Crippen LogP contribution in [0.15, 0.2) is 76.1 Å². The standard InChI is InChI=1S/C25H21BrCl2N2O6S/c1-35-25(32)23-14-30(21-4-2-3-5-22(21)36-23)24(31)15-29(13-16-6-11-19(27)20(28)12-16)37(33,34)18-9-7-17(26)8-10-18/h2-12,23H,13-15H2,1H3. The molecule has 0 bridgehead atoms. The maximum atomic E-state index is 13.7. The lowest BCUT2D eigenvalue weighted by atomic mass is 10.2. The van der Waals surface area contributed by atoms with Crippen LogP contribution in [0.2, 0.25) is 10.0 Å². The van der Waals surface area contributed by atoms with Gasteiger partial charge in [0, 0.05) is 11.0 Å². The fraction of sp³-hybridized carbons (Fsp3) is 0.200. The molecule has 1 aliphatic heterocycles. The number of methoxy groups -OCH3 is 1. The highest BCUT2D eigenvalue weighted by atomic mass is 79.9. The van der Waals surface area contributed by atoms with Gasteiger partial charge >= 0.3 is 5.97 Å². The molecule has 1 amide bonds. The van der Waals surface area contributed by atoms with Crippen LogP contribution in [0.4, 0.5) is 5.69 Å². The minimum atomic E-state index is -4.12. The zero-order chi connectivity index (χ0) is 26.7. The number of anilines is 1. The van der Waals surface area contributed by atoms with Crippen LogP contribution in [0.5, 0.6) is 5.75 Å². The Balaban J connectivity index is 1.70. The fourth-order valence-electron chi connectivity index (χ4n) is 3.78. The first-order valence-electron chi connectivity index (χ1n) is 10.9. The molecule has 3 aromatic rings. The van der Waals surface area contributed by atoms with Crippen LogP contribution in [0.25, 0.3) is 0 Å². The predicted octanol–water partition coefficient (Wildman–Crippen LogP) is 4.91. The minimum absolute atomic E-state index is 0.0124. The van der Waals surface area contributed by atoms with E-state index in [2.05, 4.69) is 15.9 Å². The number of sulfonamides is 1. The van der Waals surface area contributed by atoms with Gasteiger partial charge in [-0.25, -0.2) is 13.2 Å². The molecular weight excluding hydrogens is 607 g/mol. The number of hydrogen-bond donors (Lipinski definition) is 0. The van der Waals surface area contributed by atoms with Crippen LogP contribution in [0.3, 0.4) is 0 Å². The quantitative estimate of drug-likeness (QED) is 0.346. The Bertz CT molecular complexity index is 1440. The summed E-state index contributed by atoms with van der Waals surface area (Å²) in [5.74, 6) is -0.892. The number of amides is 1. The number of nitrogens with zero attached hydrogens (tertiary/aromatic N) is 2. The molecule has 0 aliphatic carbocycles. The van der Waals surface area contributed by atoms with E-state index >= 15 is 0 Å². The smallest absolute Gasteiger partial charge is 0.348 e. The number of carbonyl (C=O) groups is 2. The van der Waals surface area contributed by atoms with Gasteiger partial charge in [-0.05, 0) is 54.1 Å². The van der Waals surface area contributed by atoms with E-state index in [0.717, 1.165) is 4.31 Å². The van der Waals surface area contributed by atoms with E-state index in [1.54, 1.807) is 54.6 Å². The SMILES string of the molecule is COC(=O)C1CN(C(=O)CN(Cc2ccc(Cl)c(Cl)c2)S(=O)(=O)c2ccc(Br)cc2)c2ccccc2O1. The van der Waals surface area contributed by atoms with E-state index in [1.807, 2.05) is 0 Å². The molecule has 0 radical (unpaired) electrons. The monoisotopic (exact) mass is 626 g/mol. The van der Waals surface area contributed by atoms with Crippen molar-refractivity contribution in [3.63, 3.8) is 0 Å². The summed E-state index contributed by atoms with van der Waals surface area (Å²) in [7, 11) is -2.89. The van der Waals surface area contributed by atoms with E-state index in [4.69, 9.17) is 32.7 Å². The van der Waals surface area contributed by atoms with Gasteiger partial charge in [-0.1, -0.05) is 57.3 Å². The van der Waals surface area contributed by atoms with Crippen molar-refractivity contribution in [2.24, 2.45) is 0 Å². The molecule has 0 saturated carbocycles. The van der Waals surface area contributed by atoms with Crippen LogP contribution < -0.4 is 9.64 Å². The first-order valence-corrected chi connectivity index (χ1v) is 13.9. The lowest BCUT2D eigenvalue weighted by Gasteiger charge is -2.34. The molecule has 8 nitrogen and oxygen atoms in total. The van der Waals surface area contributed by atoms with Crippen molar-refractivity contribution in [2.45, 2.75) is 17.5 Å². The van der Waals surface area contributed by atoms with E-state index in [9.17, 15) is 18.0 Å². The third kappa shape index (κ3) is 6.10. The predicted molar refractivity (Wildman–Crippen MR) is 143 cm³/mol. The van der Waals surface area contributed by atoms with Gasteiger partial charge in [0.15, 0.2) is 0 Å². The molecule has 0 N–H and O–H groups in total. The van der Waals surface area contributed by atoms with Crippen LogP contribution in [0.1, 0.15) is 5.56 Å². The van der Waals surface area contributed by atoms with Gasteiger partial charge in [-0.2, -0.15) is 4.31 Å². The number of hydrogen-bond acceptors (Lipinski definition) is 6. The Morgan fingerprint density at radius 3 is 2.46 bits per heavy atom. The molecule has 1 unspecified atom stereocenters. The Morgan fingerprint density at radius 2 is 1.78 bits per heavy atom. The van der Waals surface area contributed by atoms with Crippen molar-refractivity contribution >= 4 is 66.7 Å². The normalized spacial score (nSPS) is 15.2. The summed E-state index contributed by atoms with van der Waals surface area (Å²) in [4.78, 5) is 27.2. The second-order valence-corrected chi connectivity index (χ2v) is 11.7. The van der Waals surface area contributed by atoms with Gasteiger partial charge in [0.1, 0.15) is 5.75 Å². The molecule has 4 rings (SSSR count). The van der Waals surface area contributed by atoms with Gasteiger partial charge in [0.05, 0.1) is 40.8 Å². The molecule has 0 aromatic heterocycles. The molecule has 0 spiro atoms. The molecule has 0 saturated heterocycles. The first-order chi connectivity index (χ1) is 17.6. The summed E-state index contributed by atoms with van der Waals surface area (Å²) in [5, 5.41) is 0.581. The van der Waals surface area contributed by atoms with Crippen molar-refractivity contribution in [3.05, 3.63) is 86.8 Å². The van der Waals surface area contributed by atoms with Crippen molar-refractivity contribution in [3.8, 4) is 5.75 Å². The van der Waals surface area contributed by atoms with Gasteiger partial charge in [0.2, 0.25) is 22.0 Å². The highest BCUT2D eigenvalue weighted by Gasteiger charge is 2.36. The molecule has 1 heterocycles. The summed E-state index contributed by atoms with van der Waals surface area (Å²) >= 11 is 15.5. The van der Waals surface area contributed by atoms with Crippen LogP contribution in [-0.4, -0.2) is 50.9 Å². The molecule has 12 heteroatoms.